The highest BCUT2D eigenvalue weighted by Crippen LogP contribution is 2.19. The molecule has 4 heteroatoms. The van der Waals surface area contributed by atoms with Crippen molar-refractivity contribution in [1.29, 1.82) is 0 Å². The third kappa shape index (κ3) is 5.40. The van der Waals surface area contributed by atoms with Crippen molar-refractivity contribution in [2.45, 2.75) is 32.7 Å². The van der Waals surface area contributed by atoms with Crippen LogP contribution >= 0.6 is 0 Å². The molecule has 1 saturated heterocycles. The molecule has 1 N–H and O–H groups in total. The summed E-state index contributed by atoms with van der Waals surface area (Å²) < 4.78 is 0. The van der Waals surface area contributed by atoms with Crippen LogP contribution in [0.2, 0.25) is 0 Å². The zero-order chi connectivity index (χ0) is 17.5. The Morgan fingerprint density at radius 2 is 2.04 bits per heavy atom. The molecule has 25 heavy (non-hydrogen) atoms. The van der Waals surface area contributed by atoms with Gasteiger partial charge in [0.15, 0.2) is 0 Å². The number of likely N-dealkylation sites (tertiary alicyclic amines) is 1. The Bertz CT molecular complexity index is 687. The summed E-state index contributed by atoms with van der Waals surface area (Å²) >= 11 is 0. The first-order chi connectivity index (χ1) is 12.2. The van der Waals surface area contributed by atoms with E-state index < -0.39 is 0 Å². The Kier molecular flexibility index (Phi) is 6.18. The van der Waals surface area contributed by atoms with Crippen LogP contribution in [0.3, 0.4) is 0 Å². The van der Waals surface area contributed by atoms with Crippen LogP contribution < -0.4 is 5.32 Å². The monoisotopic (exact) mass is 337 g/mol. The standard InChI is InChI=1S/C21H27N3O/c1-17-4-2-3-5-20(17)16-24-13-10-19(15-24)14-23-21(25)7-6-18-8-11-22-12-9-18/h2-5,8-9,11-12,19H,6-7,10,13-16H2,1H3,(H,23,25). The van der Waals surface area contributed by atoms with Gasteiger partial charge < -0.3 is 5.32 Å². The second-order valence-corrected chi connectivity index (χ2v) is 6.98. The summed E-state index contributed by atoms with van der Waals surface area (Å²) in [6.07, 6.45) is 6.03. The molecule has 0 saturated carbocycles. The van der Waals surface area contributed by atoms with Gasteiger partial charge in [-0.3, -0.25) is 14.7 Å². The number of rotatable bonds is 7. The number of nitrogens with one attached hydrogen (secondary N) is 1. The topological polar surface area (TPSA) is 45.2 Å². The molecule has 0 spiro atoms. The fourth-order valence-electron chi connectivity index (χ4n) is 3.41. The summed E-state index contributed by atoms with van der Waals surface area (Å²) in [4.78, 5) is 18.5. The molecule has 1 aromatic heterocycles. The first-order valence-corrected chi connectivity index (χ1v) is 9.13. The quantitative estimate of drug-likeness (QED) is 0.845. The van der Waals surface area contributed by atoms with Crippen molar-refractivity contribution in [3.63, 3.8) is 0 Å². The van der Waals surface area contributed by atoms with Gasteiger partial charge in [0.25, 0.3) is 0 Å². The maximum atomic E-state index is 12.0. The summed E-state index contributed by atoms with van der Waals surface area (Å²) in [6, 6.07) is 12.5. The van der Waals surface area contributed by atoms with Crippen molar-refractivity contribution in [1.82, 2.24) is 15.2 Å². The van der Waals surface area contributed by atoms with Crippen LogP contribution in [0.4, 0.5) is 0 Å². The predicted octanol–water partition coefficient (Wildman–Crippen LogP) is 2.96. The lowest BCUT2D eigenvalue weighted by Gasteiger charge is -2.17. The van der Waals surface area contributed by atoms with Crippen LogP contribution in [0.5, 0.6) is 0 Å². The highest BCUT2D eigenvalue weighted by molar-refractivity contribution is 5.76. The summed E-state index contributed by atoms with van der Waals surface area (Å²) in [6.45, 7) is 6.16. The second kappa shape index (κ2) is 8.77. The summed E-state index contributed by atoms with van der Waals surface area (Å²) in [5.74, 6) is 0.711. The maximum absolute atomic E-state index is 12.0. The van der Waals surface area contributed by atoms with Gasteiger partial charge in [-0.1, -0.05) is 24.3 Å². The third-order valence-electron chi connectivity index (χ3n) is 5.00. The highest BCUT2D eigenvalue weighted by Gasteiger charge is 2.23. The van der Waals surface area contributed by atoms with E-state index in [1.165, 1.54) is 11.1 Å². The molecule has 0 aliphatic carbocycles. The van der Waals surface area contributed by atoms with Crippen molar-refractivity contribution >= 4 is 5.91 Å². The number of amides is 1. The van der Waals surface area contributed by atoms with Gasteiger partial charge in [0.1, 0.15) is 0 Å². The maximum Gasteiger partial charge on any atom is 0.220 e. The SMILES string of the molecule is Cc1ccccc1CN1CCC(CNC(=O)CCc2ccncc2)C1. The van der Waals surface area contributed by atoms with Crippen LogP contribution in [0.1, 0.15) is 29.5 Å². The van der Waals surface area contributed by atoms with E-state index in [1.807, 2.05) is 12.1 Å². The van der Waals surface area contributed by atoms with Gasteiger partial charge >= 0.3 is 0 Å². The zero-order valence-corrected chi connectivity index (χ0v) is 14.9. The van der Waals surface area contributed by atoms with E-state index in [9.17, 15) is 4.79 Å². The number of aromatic nitrogens is 1. The molecule has 1 aliphatic heterocycles. The number of aryl methyl sites for hydroxylation is 2. The number of carbonyl (C=O) groups excluding carboxylic acids is 1. The van der Waals surface area contributed by atoms with Gasteiger partial charge in [0, 0.05) is 38.4 Å². The van der Waals surface area contributed by atoms with Gasteiger partial charge in [-0.2, -0.15) is 0 Å². The average molecular weight is 337 g/mol. The molecule has 2 heterocycles. The molecular formula is C21H27N3O. The number of benzene rings is 1. The molecule has 0 radical (unpaired) electrons. The average Bonchev–Trinajstić information content (AvgIpc) is 3.08. The molecule has 132 valence electrons. The molecule has 1 aromatic carbocycles. The van der Waals surface area contributed by atoms with E-state index in [4.69, 9.17) is 0 Å². The van der Waals surface area contributed by atoms with E-state index in [-0.39, 0.29) is 5.91 Å². The highest BCUT2D eigenvalue weighted by atomic mass is 16.1. The Morgan fingerprint density at radius 1 is 1.24 bits per heavy atom. The number of hydrogen-bond acceptors (Lipinski definition) is 3. The molecule has 3 rings (SSSR count). The van der Waals surface area contributed by atoms with Crippen molar-refractivity contribution in [3.8, 4) is 0 Å². The van der Waals surface area contributed by atoms with E-state index in [1.54, 1.807) is 12.4 Å². The fraction of sp³-hybridized carbons (Fsp3) is 0.429. The molecule has 1 unspecified atom stereocenters. The predicted molar refractivity (Wildman–Crippen MR) is 100 cm³/mol. The molecule has 4 nitrogen and oxygen atoms in total. The normalized spacial score (nSPS) is 17.6. The van der Waals surface area contributed by atoms with Gasteiger partial charge in [-0.25, -0.2) is 0 Å². The number of nitrogens with zero attached hydrogens (tertiary/aromatic N) is 2. The number of pyridine rings is 1. The minimum absolute atomic E-state index is 0.147. The molecule has 1 fully saturated rings. The van der Waals surface area contributed by atoms with Crippen molar-refractivity contribution in [2.24, 2.45) is 5.92 Å². The van der Waals surface area contributed by atoms with Gasteiger partial charge in [-0.05, 0) is 61.1 Å². The van der Waals surface area contributed by atoms with E-state index >= 15 is 0 Å². The van der Waals surface area contributed by atoms with Crippen LogP contribution in [0, 0.1) is 12.8 Å². The third-order valence-corrected chi connectivity index (χ3v) is 5.00. The Hall–Kier alpha value is -2.20. The lowest BCUT2D eigenvalue weighted by molar-refractivity contribution is -0.121. The minimum atomic E-state index is 0.147. The fourth-order valence-corrected chi connectivity index (χ4v) is 3.41. The van der Waals surface area contributed by atoms with Gasteiger partial charge in [0.05, 0.1) is 0 Å². The number of hydrogen-bond donors (Lipinski definition) is 1. The largest absolute Gasteiger partial charge is 0.356 e. The number of carbonyl (C=O) groups is 1. The van der Waals surface area contributed by atoms with Crippen LogP contribution in [0.25, 0.3) is 0 Å². The summed E-state index contributed by atoms with van der Waals surface area (Å²) in [7, 11) is 0. The minimum Gasteiger partial charge on any atom is -0.356 e. The molecule has 2 aromatic rings. The molecule has 0 bridgehead atoms. The Morgan fingerprint density at radius 3 is 2.84 bits per heavy atom. The summed E-state index contributed by atoms with van der Waals surface area (Å²) in [5, 5.41) is 3.11. The van der Waals surface area contributed by atoms with E-state index in [0.29, 0.717) is 12.3 Å². The Labute approximate surface area is 150 Å². The molecule has 1 aliphatic rings. The van der Waals surface area contributed by atoms with Crippen molar-refractivity contribution < 1.29 is 4.79 Å². The molecule has 1 atom stereocenters. The lowest BCUT2D eigenvalue weighted by Crippen LogP contribution is -2.31. The van der Waals surface area contributed by atoms with E-state index in [2.05, 4.69) is 46.4 Å². The second-order valence-electron chi connectivity index (χ2n) is 6.98. The summed E-state index contributed by atoms with van der Waals surface area (Å²) in [5.41, 5.74) is 3.93. The van der Waals surface area contributed by atoms with Crippen molar-refractivity contribution in [2.75, 3.05) is 19.6 Å². The lowest BCUT2D eigenvalue weighted by atomic mass is 10.1. The first kappa shape index (κ1) is 17.6. The smallest absolute Gasteiger partial charge is 0.220 e. The zero-order valence-electron chi connectivity index (χ0n) is 14.9. The molecule has 1 amide bonds. The van der Waals surface area contributed by atoms with Crippen LogP contribution in [-0.2, 0) is 17.8 Å². The first-order valence-electron chi connectivity index (χ1n) is 9.13. The molecular weight excluding hydrogens is 310 g/mol. The van der Waals surface area contributed by atoms with Crippen LogP contribution in [-0.4, -0.2) is 35.4 Å². The Balaban J connectivity index is 1.37. The van der Waals surface area contributed by atoms with Gasteiger partial charge in [0.2, 0.25) is 5.91 Å². The van der Waals surface area contributed by atoms with Crippen LogP contribution in [0.15, 0.2) is 48.8 Å². The van der Waals surface area contributed by atoms with Gasteiger partial charge in [-0.15, -0.1) is 0 Å². The van der Waals surface area contributed by atoms with Crippen molar-refractivity contribution in [3.05, 3.63) is 65.5 Å². The van der Waals surface area contributed by atoms with E-state index in [0.717, 1.165) is 44.6 Å².